The summed E-state index contributed by atoms with van der Waals surface area (Å²) in [5.41, 5.74) is 1.87. The molecule has 3 nitrogen and oxygen atoms in total. The van der Waals surface area contributed by atoms with Gasteiger partial charge < -0.3 is 0 Å². The topological polar surface area (TPSA) is 30.7 Å². The number of nitrogens with zero attached hydrogens (tertiary/aromatic N) is 3. The molecule has 68 valence electrons. The molecule has 1 aromatic heterocycles. The third-order valence-corrected chi connectivity index (χ3v) is 2.31. The van der Waals surface area contributed by atoms with Crippen molar-refractivity contribution in [2.45, 2.75) is 19.9 Å². The molecule has 0 atom stereocenters. The van der Waals surface area contributed by atoms with Crippen molar-refractivity contribution in [1.82, 2.24) is 15.0 Å². The highest BCUT2D eigenvalue weighted by Crippen LogP contribution is 2.17. The highest BCUT2D eigenvalue weighted by atomic mass is 79.9. The summed E-state index contributed by atoms with van der Waals surface area (Å²) < 4.78 is 1.04. The molecule has 0 aliphatic carbocycles. The van der Waals surface area contributed by atoms with Gasteiger partial charge in [-0.1, -0.05) is 15.9 Å². The van der Waals surface area contributed by atoms with E-state index in [1.54, 1.807) is 4.80 Å². The van der Waals surface area contributed by atoms with E-state index in [9.17, 15) is 0 Å². The zero-order valence-corrected chi connectivity index (χ0v) is 9.12. The fourth-order valence-corrected chi connectivity index (χ4v) is 1.48. The van der Waals surface area contributed by atoms with E-state index < -0.39 is 0 Å². The molecule has 0 fully saturated rings. The molecular formula is C9H10BrN3. The minimum Gasteiger partial charge on any atom is -0.181 e. The maximum Gasteiger partial charge on any atom is 0.114 e. The summed E-state index contributed by atoms with van der Waals surface area (Å²) in [4.78, 5) is 1.73. The Kier molecular flexibility index (Phi) is 2.07. The first-order valence-electron chi connectivity index (χ1n) is 4.19. The number of rotatable bonds is 1. The highest BCUT2D eigenvalue weighted by Gasteiger charge is 2.04. The highest BCUT2D eigenvalue weighted by molar-refractivity contribution is 9.10. The van der Waals surface area contributed by atoms with Gasteiger partial charge in [0.2, 0.25) is 0 Å². The second kappa shape index (κ2) is 3.10. The number of hydrogen-bond acceptors (Lipinski definition) is 2. The smallest absolute Gasteiger partial charge is 0.114 e. The number of halogens is 1. The molecule has 0 unspecified atom stereocenters. The third kappa shape index (κ3) is 1.58. The zero-order chi connectivity index (χ0) is 9.42. The Morgan fingerprint density at radius 1 is 1.23 bits per heavy atom. The maximum atomic E-state index is 4.35. The van der Waals surface area contributed by atoms with E-state index in [2.05, 4.69) is 40.0 Å². The van der Waals surface area contributed by atoms with Crippen LogP contribution in [0.1, 0.15) is 19.9 Å². The molecule has 0 spiro atoms. The van der Waals surface area contributed by atoms with Gasteiger partial charge in [0.1, 0.15) is 11.0 Å². The average Bonchev–Trinajstić information content (AvgIpc) is 2.46. The third-order valence-electron chi connectivity index (χ3n) is 1.82. The Morgan fingerprint density at radius 3 is 2.62 bits per heavy atom. The van der Waals surface area contributed by atoms with Crippen LogP contribution in [0.15, 0.2) is 22.7 Å². The van der Waals surface area contributed by atoms with E-state index in [4.69, 9.17) is 0 Å². The molecule has 0 saturated heterocycles. The monoisotopic (exact) mass is 239 g/mol. The molecule has 2 rings (SSSR count). The lowest BCUT2D eigenvalue weighted by atomic mass is 10.3. The number of hydrogen-bond donors (Lipinski definition) is 0. The van der Waals surface area contributed by atoms with Crippen LogP contribution in [0.5, 0.6) is 0 Å². The van der Waals surface area contributed by atoms with E-state index >= 15 is 0 Å². The standard InChI is InChI=1S/C9H10BrN3/c1-6(2)13-11-8-4-3-7(10)5-9(8)12-13/h3-6H,1-2H3. The summed E-state index contributed by atoms with van der Waals surface area (Å²) in [6.07, 6.45) is 0. The normalized spacial score (nSPS) is 11.4. The predicted molar refractivity (Wildman–Crippen MR) is 55.6 cm³/mol. The first-order valence-corrected chi connectivity index (χ1v) is 4.98. The molecule has 13 heavy (non-hydrogen) atoms. The quantitative estimate of drug-likeness (QED) is 0.767. The van der Waals surface area contributed by atoms with Gasteiger partial charge in [0.05, 0.1) is 6.04 Å². The van der Waals surface area contributed by atoms with Gasteiger partial charge in [0, 0.05) is 4.47 Å². The molecule has 1 heterocycles. The summed E-state index contributed by atoms with van der Waals surface area (Å²) >= 11 is 3.40. The number of fused-ring (bicyclic) bond motifs is 1. The molecule has 2 aromatic rings. The minimum absolute atomic E-state index is 0.311. The van der Waals surface area contributed by atoms with Crippen molar-refractivity contribution in [3.8, 4) is 0 Å². The molecule has 1 aromatic carbocycles. The maximum absolute atomic E-state index is 4.35. The van der Waals surface area contributed by atoms with Crippen molar-refractivity contribution in [2.75, 3.05) is 0 Å². The van der Waals surface area contributed by atoms with Gasteiger partial charge in [-0.05, 0) is 32.0 Å². The fourth-order valence-electron chi connectivity index (χ4n) is 1.14. The summed E-state index contributed by atoms with van der Waals surface area (Å²) in [7, 11) is 0. The van der Waals surface area contributed by atoms with Gasteiger partial charge in [0.15, 0.2) is 0 Å². The van der Waals surface area contributed by atoms with Gasteiger partial charge in [-0.15, -0.1) is 0 Å². The lowest BCUT2D eigenvalue weighted by Gasteiger charge is -1.99. The van der Waals surface area contributed by atoms with Gasteiger partial charge in [-0.3, -0.25) is 0 Å². The number of aromatic nitrogens is 3. The van der Waals surface area contributed by atoms with Crippen LogP contribution < -0.4 is 0 Å². The Bertz CT molecular complexity index is 433. The van der Waals surface area contributed by atoms with Crippen LogP contribution in [-0.2, 0) is 0 Å². The number of benzene rings is 1. The van der Waals surface area contributed by atoms with Crippen molar-refractivity contribution >= 4 is 27.0 Å². The van der Waals surface area contributed by atoms with Gasteiger partial charge in [-0.25, -0.2) is 0 Å². The van der Waals surface area contributed by atoms with Crippen LogP contribution in [0.2, 0.25) is 0 Å². The van der Waals surface area contributed by atoms with Crippen LogP contribution in [0.3, 0.4) is 0 Å². The first kappa shape index (κ1) is 8.69. The summed E-state index contributed by atoms with van der Waals surface area (Å²) in [5.74, 6) is 0. The molecule has 0 saturated carbocycles. The average molecular weight is 240 g/mol. The molecule has 0 amide bonds. The van der Waals surface area contributed by atoms with Gasteiger partial charge in [0.25, 0.3) is 0 Å². The molecule has 4 heteroatoms. The Hall–Kier alpha value is -0.900. The lowest BCUT2D eigenvalue weighted by Crippen LogP contribution is -2.03. The van der Waals surface area contributed by atoms with Crippen molar-refractivity contribution in [2.24, 2.45) is 0 Å². The van der Waals surface area contributed by atoms with Crippen LogP contribution in [0, 0.1) is 0 Å². The van der Waals surface area contributed by atoms with Crippen molar-refractivity contribution in [3.63, 3.8) is 0 Å². The second-order valence-corrected chi connectivity index (χ2v) is 4.16. The molecule has 0 N–H and O–H groups in total. The van der Waals surface area contributed by atoms with Crippen LogP contribution in [-0.4, -0.2) is 15.0 Å². The van der Waals surface area contributed by atoms with Crippen LogP contribution in [0.25, 0.3) is 11.0 Å². The Morgan fingerprint density at radius 2 is 1.92 bits per heavy atom. The summed E-state index contributed by atoms with van der Waals surface area (Å²) in [6.45, 7) is 4.13. The van der Waals surface area contributed by atoms with Crippen molar-refractivity contribution in [1.29, 1.82) is 0 Å². The zero-order valence-electron chi connectivity index (χ0n) is 7.53. The molecule has 0 aliphatic heterocycles. The van der Waals surface area contributed by atoms with Crippen molar-refractivity contribution < 1.29 is 0 Å². The molecule has 0 aliphatic rings. The summed E-state index contributed by atoms with van der Waals surface area (Å²) in [5, 5.41) is 8.69. The van der Waals surface area contributed by atoms with Gasteiger partial charge >= 0.3 is 0 Å². The first-order chi connectivity index (χ1) is 6.16. The largest absolute Gasteiger partial charge is 0.181 e. The van der Waals surface area contributed by atoms with E-state index in [-0.39, 0.29) is 0 Å². The van der Waals surface area contributed by atoms with E-state index in [1.165, 1.54) is 0 Å². The van der Waals surface area contributed by atoms with E-state index in [0.29, 0.717) is 6.04 Å². The molecule has 0 radical (unpaired) electrons. The van der Waals surface area contributed by atoms with Crippen LogP contribution >= 0.6 is 15.9 Å². The van der Waals surface area contributed by atoms with Crippen molar-refractivity contribution in [3.05, 3.63) is 22.7 Å². The second-order valence-electron chi connectivity index (χ2n) is 3.25. The SMILES string of the molecule is CC(C)n1nc2ccc(Br)cc2n1. The fraction of sp³-hybridized carbons (Fsp3) is 0.333. The lowest BCUT2D eigenvalue weighted by molar-refractivity contribution is 0.472. The van der Waals surface area contributed by atoms with E-state index in [0.717, 1.165) is 15.5 Å². The predicted octanol–water partition coefficient (Wildman–Crippen LogP) is 2.77. The minimum atomic E-state index is 0.311. The summed E-state index contributed by atoms with van der Waals surface area (Å²) in [6, 6.07) is 6.22. The Labute approximate surface area is 84.9 Å². The molecular weight excluding hydrogens is 230 g/mol. The Balaban J connectivity index is 2.62. The van der Waals surface area contributed by atoms with Gasteiger partial charge in [-0.2, -0.15) is 15.0 Å². The van der Waals surface area contributed by atoms with E-state index in [1.807, 2.05) is 18.2 Å². The van der Waals surface area contributed by atoms with Crippen LogP contribution in [0.4, 0.5) is 0 Å². The molecule has 0 bridgehead atoms.